The predicted octanol–water partition coefficient (Wildman–Crippen LogP) is 1.14. The highest BCUT2D eigenvalue weighted by molar-refractivity contribution is 7.99. The molecule has 0 spiro atoms. The van der Waals surface area contributed by atoms with E-state index in [4.69, 9.17) is 5.11 Å². The highest BCUT2D eigenvalue weighted by Crippen LogP contribution is 2.34. The zero-order valence-electron chi connectivity index (χ0n) is 10.7. The van der Waals surface area contributed by atoms with Gasteiger partial charge in [-0.1, -0.05) is 12.1 Å². The Balaban J connectivity index is 2.06. The summed E-state index contributed by atoms with van der Waals surface area (Å²) in [4.78, 5) is 27.2. The fourth-order valence-corrected chi connectivity index (χ4v) is 3.03. The van der Waals surface area contributed by atoms with Gasteiger partial charge in [-0.2, -0.15) is 0 Å². The Morgan fingerprint density at radius 3 is 2.84 bits per heavy atom. The molecule has 0 aliphatic carbocycles. The number of para-hydroxylation sites is 1. The van der Waals surface area contributed by atoms with Crippen molar-refractivity contribution in [1.29, 1.82) is 0 Å². The maximum Gasteiger partial charge on any atom is 0.317 e. The first kappa shape index (κ1) is 13.9. The second kappa shape index (κ2) is 6.08. The molecule has 0 saturated heterocycles. The standard InChI is InChI=1S/C13H16N2O3S/c1-14(9-13(17)18)8-12(16)15-6-7-19-11-5-3-2-4-10(11)15/h2-5H,6-9H2,1H3,(H,17,18). The molecule has 1 aromatic carbocycles. The van der Waals surface area contributed by atoms with Crippen LogP contribution in [0.1, 0.15) is 0 Å². The van der Waals surface area contributed by atoms with E-state index in [2.05, 4.69) is 0 Å². The van der Waals surface area contributed by atoms with Crippen LogP contribution in [0.15, 0.2) is 29.2 Å². The quantitative estimate of drug-likeness (QED) is 0.896. The highest BCUT2D eigenvalue weighted by Gasteiger charge is 2.23. The molecule has 1 aliphatic rings. The Labute approximate surface area is 116 Å². The van der Waals surface area contributed by atoms with Crippen LogP contribution in [0.5, 0.6) is 0 Å². The van der Waals surface area contributed by atoms with E-state index in [1.165, 1.54) is 4.90 Å². The summed E-state index contributed by atoms with van der Waals surface area (Å²) < 4.78 is 0. The number of hydrogen-bond donors (Lipinski definition) is 1. The average molecular weight is 280 g/mol. The molecule has 0 atom stereocenters. The number of aliphatic carboxylic acids is 1. The van der Waals surface area contributed by atoms with Gasteiger partial charge in [-0.25, -0.2) is 0 Å². The topological polar surface area (TPSA) is 60.9 Å². The maximum absolute atomic E-state index is 12.2. The van der Waals surface area contributed by atoms with Crippen LogP contribution in [0.2, 0.25) is 0 Å². The maximum atomic E-state index is 12.2. The largest absolute Gasteiger partial charge is 0.480 e. The Morgan fingerprint density at radius 1 is 1.37 bits per heavy atom. The molecule has 0 saturated carbocycles. The lowest BCUT2D eigenvalue weighted by atomic mass is 10.2. The minimum Gasteiger partial charge on any atom is -0.480 e. The molecule has 1 amide bonds. The first-order valence-corrected chi connectivity index (χ1v) is 6.99. The molecule has 0 unspecified atom stereocenters. The predicted molar refractivity (Wildman–Crippen MR) is 74.7 cm³/mol. The number of amides is 1. The molecule has 0 radical (unpaired) electrons. The molecule has 1 N–H and O–H groups in total. The summed E-state index contributed by atoms with van der Waals surface area (Å²) in [7, 11) is 1.64. The number of thioether (sulfide) groups is 1. The van der Waals surface area contributed by atoms with Gasteiger partial charge in [-0.05, 0) is 19.2 Å². The van der Waals surface area contributed by atoms with Crippen molar-refractivity contribution in [2.75, 3.05) is 37.3 Å². The third-order valence-electron chi connectivity index (χ3n) is 2.84. The third kappa shape index (κ3) is 3.48. The van der Waals surface area contributed by atoms with Crippen molar-refractivity contribution in [2.45, 2.75) is 4.90 Å². The monoisotopic (exact) mass is 280 g/mol. The first-order valence-electron chi connectivity index (χ1n) is 6.00. The molecule has 1 heterocycles. The highest BCUT2D eigenvalue weighted by atomic mass is 32.2. The third-order valence-corrected chi connectivity index (χ3v) is 3.88. The van der Waals surface area contributed by atoms with Crippen molar-refractivity contribution in [3.63, 3.8) is 0 Å². The number of fused-ring (bicyclic) bond motifs is 1. The van der Waals surface area contributed by atoms with Gasteiger partial charge in [0, 0.05) is 17.2 Å². The van der Waals surface area contributed by atoms with Crippen molar-refractivity contribution in [2.24, 2.45) is 0 Å². The minimum atomic E-state index is -0.926. The molecule has 1 aromatic rings. The van der Waals surface area contributed by atoms with Crippen molar-refractivity contribution >= 4 is 29.3 Å². The minimum absolute atomic E-state index is 0.0588. The summed E-state index contributed by atoms with van der Waals surface area (Å²) in [5.74, 6) is -0.118. The lowest BCUT2D eigenvalue weighted by Crippen LogP contribution is -2.42. The van der Waals surface area contributed by atoms with E-state index in [-0.39, 0.29) is 19.0 Å². The number of benzene rings is 1. The number of nitrogens with zero attached hydrogens (tertiary/aromatic N) is 2. The van der Waals surface area contributed by atoms with Crippen LogP contribution in [-0.4, -0.2) is 54.3 Å². The van der Waals surface area contributed by atoms with E-state index in [9.17, 15) is 9.59 Å². The molecule has 6 heteroatoms. The van der Waals surface area contributed by atoms with E-state index in [1.54, 1.807) is 23.7 Å². The number of carbonyl (C=O) groups is 2. The lowest BCUT2D eigenvalue weighted by Gasteiger charge is -2.30. The average Bonchev–Trinajstić information content (AvgIpc) is 2.36. The van der Waals surface area contributed by atoms with Crippen molar-refractivity contribution in [3.8, 4) is 0 Å². The van der Waals surface area contributed by atoms with Crippen LogP contribution in [0.4, 0.5) is 5.69 Å². The van der Waals surface area contributed by atoms with Crippen LogP contribution in [0, 0.1) is 0 Å². The lowest BCUT2D eigenvalue weighted by molar-refractivity contribution is -0.138. The fourth-order valence-electron chi connectivity index (χ4n) is 2.03. The molecular weight excluding hydrogens is 264 g/mol. The zero-order chi connectivity index (χ0) is 13.8. The second-order valence-corrected chi connectivity index (χ2v) is 5.56. The Hall–Kier alpha value is -1.53. The Kier molecular flexibility index (Phi) is 4.44. The first-order chi connectivity index (χ1) is 9.08. The van der Waals surface area contributed by atoms with E-state index in [0.717, 1.165) is 16.3 Å². The Morgan fingerprint density at radius 2 is 2.11 bits per heavy atom. The van der Waals surface area contributed by atoms with Crippen LogP contribution in [0.3, 0.4) is 0 Å². The number of carboxylic acid groups (broad SMARTS) is 1. The number of carbonyl (C=O) groups excluding carboxylic acids is 1. The van der Waals surface area contributed by atoms with Gasteiger partial charge >= 0.3 is 5.97 Å². The summed E-state index contributed by atoms with van der Waals surface area (Å²) in [5.41, 5.74) is 0.924. The molecule has 0 bridgehead atoms. The van der Waals surface area contributed by atoms with Crippen molar-refractivity contribution < 1.29 is 14.7 Å². The van der Waals surface area contributed by atoms with E-state index < -0.39 is 5.97 Å². The zero-order valence-corrected chi connectivity index (χ0v) is 11.5. The Bertz CT molecular complexity index is 493. The number of anilines is 1. The van der Waals surface area contributed by atoms with Crippen molar-refractivity contribution in [3.05, 3.63) is 24.3 Å². The van der Waals surface area contributed by atoms with Gasteiger partial charge < -0.3 is 10.0 Å². The molecule has 5 nitrogen and oxygen atoms in total. The van der Waals surface area contributed by atoms with Gasteiger partial charge in [0.2, 0.25) is 5.91 Å². The summed E-state index contributed by atoms with van der Waals surface area (Å²) in [5, 5.41) is 8.69. The molecule has 2 rings (SSSR count). The number of likely N-dealkylation sites (N-methyl/N-ethyl adjacent to an activating group) is 1. The molecule has 0 aromatic heterocycles. The number of hydrogen-bond acceptors (Lipinski definition) is 4. The molecular formula is C13H16N2O3S. The summed E-state index contributed by atoms with van der Waals surface area (Å²) in [6.45, 7) is 0.655. The SMILES string of the molecule is CN(CC(=O)O)CC(=O)N1CCSc2ccccc21. The molecule has 102 valence electrons. The van der Waals surface area contributed by atoms with Crippen LogP contribution < -0.4 is 4.90 Å². The summed E-state index contributed by atoms with van der Waals surface area (Å²) >= 11 is 1.74. The summed E-state index contributed by atoms with van der Waals surface area (Å²) in [6.07, 6.45) is 0. The normalized spacial score (nSPS) is 14.3. The summed E-state index contributed by atoms with van der Waals surface area (Å²) in [6, 6.07) is 7.79. The fraction of sp³-hybridized carbons (Fsp3) is 0.385. The van der Waals surface area contributed by atoms with Gasteiger partial charge in [0.05, 0.1) is 18.8 Å². The number of carboxylic acids is 1. The molecule has 0 fully saturated rings. The van der Waals surface area contributed by atoms with Gasteiger partial charge in [0.1, 0.15) is 0 Å². The van der Waals surface area contributed by atoms with Gasteiger partial charge in [0.25, 0.3) is 0 Å². The van der Waals surface area contributed by atoms with Gasteiger partial charge in [-0.15, -0.1) is 11.8 Å². The van der Waals surface area contributed by atoms with Crippen LogP contribution >= 0.6 is 11.8 Å². The van der Waals surface area contributed by atoms with Crippen molar-refractivity contribution in [1.82, 2.24) is 4.90 Å². The van der Waals surface area contributed by atoms with E-state index in [0.29, 0.717) is 6.54 Å². The van der Waals surface area contributed by atoms with E-state index >= 15 is 0 Å². The van der Waals surface area contributed by atoms with Gasteiger partial charge in [0.15, 0.2) is 0 Å². The van der Waals surface area contributed by atoms with Crippen LogP contribution in [-0.2, 0) is 9.59 Å². The van der Waals surface area contributed by atoms with Crippen LogP contribution in [0.25, 0.3) is 0 Å². The molecule has 19 heavy (non-hydrogen) atoms. The molecule has 1 aliphatic heterocycles. The van der Waals surface area contributed by atoms with E-state index in [1.807, 2.05) is 24.3 Å². The number of rotatable bonds is 4. The smallest absolute Gasteiger partial charge is 0.317 e. The van der Waals surface area contributed by atoms with Gasteiger partial charge in [-0.3, -0.25) is 14.5 Å². The second-order valence-electron chi connectivity index (χ2n) is 4.43.